The van der Waals surface area contributed by atoms with E-state index in [1.807, 2.05) is 0 Å². The fourth-order valence-electron chi connectivity index (χ4n) is 4.01. The molecule has 122 valence electrons. The van der Waals surface area contributed by atoms with Crippen LogP contribution in [0.2, 0.25) is 5.32 Å². The first-order valence-electron chi connectivity index (χ1n) is 8.65. The maximum atomic E-state index is 6.43. The van der Waals surface area contributed by atoms with E-state index in [-0.39, 0.29) is 11.8 Å². The molecule has 0 radical (unpaired) electrons. The topological polar surface area (TPSA) is 21.3 Å². The van der Waals surface area contributed by atoms with Crippen molar-refractivity contribution < 1.29 is 4.74 Å². The maximum absolute atomic E-state index is 6.43. The van der Waals surface area contributed by atoms with Gasteiger partial charge in [-0.05, 0) is 0 Å². The van der Waals surface area contributed by atoms with E-state index in [1.54, 1.807) is 0 Å². The first kappa shape index (κ1) is 16.5. The van der Waals surface area contributed by atoms with Crippen LogP contribution in [0.3, 0.4) is 0 Å². The predicted molar refractivity (Wildman–Crippen MR) is 93.6 cm³/mol. The third kappa shape index (κ3) is 3.94. The van der Waals surface area contributed by atoms with Gasteiger partial charge in [0.15, 0.2) is 0 Å². The number of ether oxygens (including phenoxy) is 1. The second kappa shape index (κ2) is 7.05. The molecule has 1 saturated carbocycles. The quantitative estimate of drug-likeness (QED) is 0.826. The van der Waals surface area contributed by atoms with Crippen LogP contribution in [0.1, 0.15) is 46.5 Å². The third-order valence-corrected chi connectivity index (χ3v) is 7.44. The number of hydrogen-bond acceptors (Lipinski definition) is 2. The van der Waals surface area contributed by atoms with Crippen molar-refractivity contribution in [3.63, 3.8) is 0 Å². The van der Waals surface area contributed by atoms with Gasteiger partial charge in [-0.3, -0.25) is 0 Å². The summed E-state index contributed by atoms with van der Waals surface area (Å²) in [7, 11) is 0. The molecule has 0 aromatic heterocycles. The predicted octanol–water partition coefficient (Wildman–Crippen LogP) is 3.35. The molecule has 1 aromatic rings. The van der Waals surface area contributed by atoms with Crippen LogP contribution in [-0.2, 0) is 4.74 Å². The molecule has 2 nitrogen and oxygen atoms in total. The molecule has 1 aliphatic carbocycles. The summed E-state index contributed by atoms with van der Waals surface area (Å²) in [6.45, 7) is 7.12. The van der Waals surface area contributed by atoms with Crippen LogP contribution >= 0.6 is 0 Å². The Labute approximate surface area is 141 Å². The van der Waals surface area contributed by atoms with Gasteiger partial charge < -0.3 is 0 Å². The van der Waals surface area contributed by atoms with Crippen LogP contribution in [0.15, 0.2) is 30.3 Å². The second-order valence-corrected chi connectivity index (χ2v) is 9.96. The minimum absolute atomic E-state index is 0.216. The van der Waals surface area contributed by atoms with Crippen LogP contribution in [0.25, 0.3) is 0 Å². The van der Waals surface area contributed by atoms with E-state index in [9.17, 15) is 0 Å². The average molecular weight is 366 g/mol. The van der Waals surface area contributed by atoms with Gasteiger partial charge in [-0.15, -0.1) is 0 Å². The van der Waals surface area contributed by atoms with Gasteiger partial charge in [0.25, 0.3) is 0 Å². The van der Waals surface area contributed by atoms with Gasteiger partial charge in [0.1, 0.15) is 0 Å². The Hall–Kier alpha value is -0.341. The molecular formula is C19H29NOSe. The second-order valence-electron chi connectivity index (χ2n) is 7.50. The van der Waals surface area contributed by atoms with Crippen molar-refractivity contribution >= 4 is 19.4 Å². The Balaban J connectivity index is 1.54. The summed E-state index contributed by atoms with van der Waals surface area (Å²) < 4.78 is 7.93. The number of nitrogens with one attached hydrogen (secondary N) is 1. The van der Waals surface area contributed by atoms with Crippen molar-refractivity contribution in [1.82, 2.24) is 5.32 Å². The van der Waals surface area contributed by atoms with E-state index >= 15 is 0 Å². The van der Waals surface area contributed by atoms with Crippen molar-refractivity contribution in [2.75, 3.05) is 0 Å². The van der Waals surface area contributed by atoms with Crippen molar-refractivity contribution in [2.45, 2.75) is 69.6 Å². The van der Waals surface area contributed by atoms with Gasteiger partial charge in [0.2, 0.25) is 0 Å². The van der Waals surface area contributed by atoms with Crippen molar-refractivity contribution in [3.05, 3.63) is 30.3 Å². The Morgan fingerprint density at radius 1 is 1.23 bits per heavy atom. The van der Waals surface area contributed by atoms with Gasteiger partial charge >= 0.3 is 141 Å². The molecule has 0 spiro atoms. The van der Waals surface area contributed by atoms with E-state index < -0.39 is 0 Å². The zero-order valence-corrected chi connectivity index (χ0v) is 15.8. The molecule has 1 aromatic carbocycles. The number of benzene rings is 1. The Kier molecular flexibility index (Phi) is 5.29. The summed E-state index contributed by atoms with van der Waals surface area (Å²) in [6, 6.07) is 10.9. The van der Waals surface area contributed by atoms with Gasteiger partial charge in [-0.2, -0.15) is 0 Å². The normalized spacial score (nSPS) is 34.1. The summed E-state index contributed by atoms with van der Waals surface area (Å²) >= 11 is 0.563. The van der Waals surface area contributed by atoms with E-state index in [1.165, 1.54) is 29.0 Å². The molecule has 1 heterocycles. The summed E-state index contributed by atoms with van der Waals surface area (Å²) in [5.74, 6) is 1.50. The molecule has 22 heavy (non-hydrogen) atoms. The van der Waals surface area contributed by atoms with Gasteiger partial charge in [0, 0.05) is 0 Å². The number of fused-ring (bicyclic) bond motifs is 1. The zero-order chi connectivity index (χ0) is 15.6. The minimum atomic E-state index is 0.216. The third-order valence-electron chi connectivity index (χ3n) is 5.24. The van der Waals surface area contributed by atoms with Gasteiger partial charge in [-0.1, -0.05) is 0 Å². The molecule has 3 heteroatoms. The van der Waals surface area contributed by atoms with Crippen molar-refractivity contribution in [1.29, 1.82) is 0 Å². The fraction of sp³-hybridized carbons (Fsp3) is 0.684. The molecule has 2 aliphatic rings. The number of hydrogen-bond donors (Lipinski definition) is 1. The number of rotatable bonds is 4. The van der Waals surface area contributed by atoms with Gasteiger partial charge in [0.05, 0.1) is 0 Å². The molecule has 0 bridgehead atoms. The molecule has 0 unspecified atom stereocenters. The summed E-state index contributed by atoms with van der Waals surface area (Å²) in [5.41, 5.74) is 0.216. The molecule has 2 fully saturated rings. The van der Waals surface area contributed by atoms with Crippen LogP contribution in [0, 0.1) is 11.8 Å². The van der Waals surface area contributed by atoms with Crippen molar-refractivity contribution in [3.8, 4) is 0 Å². The van der Waals surface area contributed by atoms with E-state index in [2.05, 4.69) is 56.4 Å². The fourth-order valence-corrected chi connectivity index (χ4v) is 5.94. The molecule has 0 amide bonds. The molecule has 4 atom stereocenters. The molecule has 1 N–H and O–H groups in total. The summed E-state index contributed by atoms with van der Waals surface area (Å²) in [5, 5.41) is 5.03. The Bertz CT molecular complexity index is 476. The Morgan fingerprint density at radius 3 is 2.77 bits per heavy atom. The molecule has 1 saturated heterocycles. The first-order valence-corrected chi connectivity index (χ1v) is 10.7. The van der Waals surface area contributed by atoms with Crippen LogP contribution in [0.4, 0.5) is 0 Å². The SMILES string of the molecule is C[C@@H]1CC[C@@H]2[C@@H](C1)O[C@@H](CC[Se]c1ccccc1)NC2(C)C. The van der Waals surface area contributed by atoms with E-state index in [4.69, 9.17) is 4.74 Å². The van der Waals surface area contributed by atoms with E-state index in [0.717, 1.165) is 12.3 Å². The van der Waals surface area contributed by atoms with Gasteiger partial charge in [-0.25, -0.2) is 0 Å². The van der Waals surface area contributed by atoms with Crippen molar-refractivity contribution in [2.24, 2.45) is 11.8 Å². The monoisotopic (exact) mass is 367 g/mol. The molecule has 3 rings (SSSR count). The van der Waals surface area contributed by atoms with E-state index in [0.29, 0.717) is 27.0 Å². The standard InChI is InChI=1S/C19H29NOSe/c1-14-9-10-16-17(13-14)21-18(20-19(16,2)3)11-12-22-15-7-5-4-6-8-15/h4-8,14,16-18,20H,9-13H2,1-3H3/t14-,16-,17-,18+/m1/s1. The first-order chi connectivity index (χ1) is 10.5. The molecular weight excluding hydrogens is 337 g/mol. The summed E-state index contributed by atoms with van der Waals surface area (Å²) in [6.07, 6.45) is 5.76. The summed E-state index contributed by atoms with van der Waals surface area (Å²) in [4.78, 5) is 0. The zero-order valence-electron chi connectivity index (χ0n) is 14.0. The van der Waals surface area contributed by atoms with Crippen LogP contribution in [0.5, 0.6) is 0 Å². The van der Waals surface area contributed by atoms with Crippen LogP contribution in [-0.4, -0.2) is 32.8 Å². The van der Waals surface area contributed by atoms with Crippen LogP contribution < -0.4 is 9.78 Å². The molecule has 1 aliphatic heterocycles. The Morgan fingerprint density at radius 2 is 2.00 bits per heavy atom. The average Bonchev–Trinajstić information content (AvgIpc) is 2.47.